The first-order chi connectivity index (χ1) is 7.12. The minimum Gasteiger partial charge on any atom is -0.539 e. The summed E-state index contributed by atoms with van der Waals surface area (Å²) in [5, 5.41) is 0. The van der Waals surface area contributed by atoms with E-state index in [-0.39, 0.29) is 38.8 Å². The number of carbonyl (C=O) groups excluding carboxylic acids is 1. The van der Waals surface area contributed by atoms with Crippen molar-refractivity contribution in [2.24, 2.45) is 0 Å². The molecule has 83 valence electrons. The fourth-order valence-electron chi connectivity index (χ4n) is 1.73. The van der Waals surface area contributed by atoms with E-state index in [1.54, 1.807) is 13.8 Å². The van der Waals surface area contributed by atoms with Crippen LogP contribution in [0.3, 0.4) is 0 Å². The van der Waals surface area contributed by atoms with Gasteiger partial charge in [-0.1, -0.05) is 30.3 Å². The smallest absolute Gasteiger partial charge is 0.161 e. The Labute approximate surface area is 120 Å². The molecule has 1 fully saturated rings. The maximum Gasteiger partial charge on any atom is 0.161 e. The van der Waals surface area contributed by atoms with E-state index in [0.717, 1.165) is 5.56 Å². The normalized spacial score (nSPS) is 27.1. The molecule has 1 aromatic rings. The van der Waals surface area contributed by atoms with Gasteiger partial charge in [0.2, 0.25) is 0 Å². The van der Waals surface area contributed by atoms with Gasteiger partial charge in [-0.2, -0.15) is 0 Å². The number of hydrogen-bond donors (Lipinski definition) is 0. The van der Waals surface area contributed by atoms with Gasteiger partial charge < -0.3 is 14.3 Å². The molecule has 0 spiro atoms. The van der Waals surface area contributed by atoms with Crippen molar-refractivity contribution >= 4 is 6.29 Å². The molecule has 0 N–H and O–H groups in total. The largest absolute Gasteiger partial charge is 0.539 e. The van der Waals surface area contributed by atoms with Crippen molar-refractivity contribution in [3.63, 3.8) is 0 Å². The van der Waals surface area contributed by atoms with E-state index in [4.69, 9.17) is 9.47 Å². The molecule has 3 nitrogen and oxygen atoms in total. The van der Waals surface area contributed by atoms with Crippen LogP contribution in [0.1, 0.15) is 25.5 Å². The van der Waals surface area contributed by atoms with Crippen LogP contribution in [0.25, 0.3) is 0 Å². The third-order valence-corrected chi connectivity index (χ3v) is 2.34. The van der Waals surface area contributed by atoms with Crippen molar-refractivity contribution in [2.75, 3.05) is 0 Å². The van der Waals surface area contributed by atoms with Gasteiger partial charge in [0.25, 0.3) is 0 Å². The second kappa shape index (κ2) is 5.50. The van der Waals surface area contributed by atoms with Gasteiger partial charge in [-0.3, -0.25) is 0 Å². The van der Waals surface area contributed by atoms with Crippen LogP contribution in [0.5, 0.6) is 0 Å². The van der Waals surface area contributed by atoms with E-state index in [1.165, 1.54) is 0 Å². The van der Waals surface area contributed by atoms with E-state index in [1.807, 2.05) is 36.6 Å². The zero-order valence-corrected chi connectivity index (χ0v) is 12.2. The number of rotatable bonds is 2. The van der Waals surface area contributed by atoms with E-state index < -0.39 is 11.9 Å². The van der Waals surface area contributed by atoms with Crippen LogP contribution in [-0.4, -0.2) is 18.2 Å². The first-order valence-corrected chi connectivity index (χ1v) is 4.91. The molecule has 0 aliphatic carbocycles. The molecule has 2 rings (SSSR count). The van der Waals surface area contributed by atoms with Crippen molar-refractivity contribution in [1.29, 1.82) is 0 Å². The van der Waals surface area contributed by atoms with Crippen molar-refractivity contribution in [2.45, 2.75) is 31.8 Å². The predicted octanol–water partition coefficient (Wildman–Crippen LogP) is 1.99. The molecule has 0 aromatic heterocycles. The maximum atomic E-state index is 10.7. The van der Waals surface area contributed by atoms with Crippen LogP contribution in [0.2, 0.25) is 0 Å². The molecule has 2 atom stereocenters. The Morgan fingerprint density at radius 3 is 2.38 bits per heavy atom. The summed E-state index contributed by atoms with van der Waals surface area (Å²) < 4.78 is 11.1. The summed E-state index contributed by atoms with van der Waals surface area (Å²) in [4.78, 5) is 10.7. The zero-order valence-electron chi connectivity index (χ0n) is 9.34. The number of benzene rings is 1. The Bertz CT molecular complexity index is 351. The maximum absolute atomic E-state index is 10.7. The summed E-state index contributed by atoms with van der Waals surface area (Å²) >= 11 is 0. The molecule has 0 saturated carbocycles. The first-order valence-electron chi connectivity index (χ1n) is 4.91. The fraction of sp³-hybridized carbons (Fsp3) is 0.417. The zero-order chi connectivity index (χ0) is 10.9. The Morgan fingerprint density at radius 1 is 1.19 bits per heavy atom. The van der Waals surface area contributed by atoms with Crippen LogP contribution in [0.4, 0.5) is 0 Å². The monoisotopic (exact) mass is 294 g/mol. The molecule has 0 amide bonds. The average molecular weight is 294 g/mol. The topological polar surface area (TPSA) is 35.5 Å². The molecule has 0 unspecified atom stereocenters. The Hall–Kier alpha value is -0.0861. The van der Waals surface area contributed by atoms with Crippen molar-refractivity contribution in [3.05, 3.63) is 35.9 Å². The summed E-state index contributed by atoms with van der Waals surface area (Å²) in [6.07, 6.45) is 0.886. The summed E-state index contributed by atoms with van der Waals surface area (Å²) in [5.41, 5.74) is 0.941. The predicted molar refractivity (Wildman–Crippen MR) is 54.9 cm³/mol. The van der Waals surface area contributed by atoms with Gasteiger partial charge in [0.15, 0.2) is 5.79 Å². The number of hydrogen-bond acceptors (Lipinski definition) is 3. The second-order valence-electron chi connectivity index (χ2n) is 4.01. The van der Waals surface area contributed by atoms with Gasteiger partial charge in [0.05, 0.1) is 6.10 Å². The molecule has 1 radical (unpaired) electrons. The van der Waals surface area contributed by atoms with Gasteiger partial charge in [-0.15, -0.1) is 0 Å². The summed E-state index contributed by atoms with van der Waals surface area (Å²) in [7, 11) is 0. The fourth-order valence-corrected chi connectivity index (χ4v) is 1.73. The molecule has 16 heavy (non-hydrogen) atoms. The molecule has 1 heterocycles. The molecule has 0 bridgehead atoms. The van der Waals surface area contributed by atoms with Gasteiger partial charge in [0, 0.05) is 32.7 Å². The summed E-state index contributed by atoms with van der Waals surface area (Å²) in [6.45, 7) is 3.58. The SMILES string of the molecule is CC1(C)O[C@@H]([C-]=O)[C@H](c2ccccc2)O1.[Y]. The molecule has 1 aliphatic rings. The third-order valence-electron chi connectivity index (χ3n) is 2.34. The molecular weight excluding hydrogens is 281 g/mol. The van der Waals surface area contributed by atoms with Crippen LogP contribution >= 0.6 is 0 Å². The van der Waals surface area contributed by atoms with Crippen molar-refractivity contribution in [3.8, 4) is 0 Å². The van der Waals surface area contributed by atoms with Gasteiger partial charge in [-0.25, -0.2) is 6.29 Å². The number of ether oxygens (including phenoxy) is 2. The Kier molecular flexibility index (Phi) is 4.80. The summed E-state index contributed by atoms with van der Waals surface area (Å²) in [6, 6.07) is 9.57. The molecule has 1 saturated heterocycles. The quantitative estimate of drug-likeness (QED) is 0.783. The van der Waals surface area contributed by atoms with Crippen LogP contribution in [0, 0.1) is 0 Å². The Balaban J connectivity index is 0.00000128. The van der Waals surface area contributed by atoms with E-state index in [9.17, 15) is 4.79 Å². The third kappa shape index (κ3) is 2.98. The van der Waals surface area contributed by atoms with Gasteiger partial charge >= 0.3 is 0 Å². The standard InChI is InChI=1S/C12H13O3.Y/c1-12(2)14-10(8-13)11(15-12)9-6-4-3-5-7-9;/h3-7,10-11H,1-2H3;/q-1;/t10-,11-;/m0./s1. The Morgan fingerprint density at radius 2 is 1.81 bits per heavy atom. The molecule has 1 aromatic carbocycles. The minimum absolute atomic E-state index is 0. The average Bonchev–Trinajstić information content (AvgIpc) is 2.55. The molecular formula is C12H13O3Y-. The van der Waals surface area contributed by atoms with Crippen molar-refractivity contribution in [1.82, 2.24) is 0 Å². The van der Waals surface area contributed by atoms with Gasteiger partial charge in [0.1, 0.15) is 0 Å². The van der Waals surface area contributed by atoms with Crippen molar-refractivity contribution < 1.29 is 47.0 Å². The second-order valence-corrected chi connectivity index (χ2v) is 4.01. The van der Waals surface area contributed by atoms with E-state index in [0.29, 0.717) is 0 Å². The molecule has 4 heteroatoms. The first kappa shape index (κ1) is 14.0. The molecule has 1 aliphatic heterocycles. The van der Waals surface area contributed by atoms with Gasteiger partial charge in [-0.05, 0) is 25.5 Å². The summed E-state index contributed by atoms with van der Waals surface area (Å²) in [5.74, 6) is -0.720. The van der Waals surface area contributed by atoms with E-state index >= 15 is 0 Å². The minimum atomic E-state index is -0.720. The van der Waals surface area contributed by atoms with Crippen LogP contribution in [0.15, 0.2) is 30.3 Å². The van der Waals surface area contributed by atoms with Crippen LogP contribution in [-0.2, 0) is 47.0 Å². The van der Waals surface area contributed by atoms with E-state index in [2.05, 4.69) is 0 Å². The van der Waals surface area contributed by atoms with Crippen LogP contribution < -0.4 is 0 Å².